The molecule has 0 spiro atoms. The fourth-order valence-electron chi connectivity index (χ4n) is 3.14. The first-order valence-corrected chi connectivity index (χ1v) is 9.00. The van der Waals surface area contributed by atoms with Gasteiger partial charge in [0.15, 0.2) is 0 Å². The van der Waals surface area contributed by atoms with Crippen LogP contribution in [0.25, 0.3) is 0 Å². The number of benzene rings is 1. The predicted molar refractivity (Wildman–Crippen MR) is 90.0 cm³/mol. The van der Waals surface area contributed by atoms with Crippen molar-refractivity contribution in [1.29, 1.82) is 5.26 Å². The second-order valence-electron chi connectivity index (χ2n) is 5.73. The zero-order chi connectivity index (χ0) is 15.6. The van der Waals surface area contributed by atoms with Crippen LogP contribution in [0.3, 0.4) is 0 Å². The SMILES string of the molecule is Cl.N#Cc1cccc(S(=O)(=O)N2CCN(C3CCNC3)CC2)c1. The zero-order valence-corrected chi connectivity index (χ0v) is 14.4. The normalized spacial score (nSPS) is 23.2. The number of hydrogen-bond donors (Lipinski definition) is 1. The van der Waals surface area contributed by atoms with Crippen molar-refractivity contribution >= 4 is 22.4 Å². The highest BCUT2D eigenvalue weighted by atomic mass is 35.5. The summed E-state index contributed by atoms with van der Waals surface area (Å²) in [5, 5.41) is 12.3. The van der Waals surface area contributed by atoms with E-state index in [1.54, 1.807) is 18.2 Å². The average Bonchev–Trinajstić information content (AvgIpc) is 3.09. The summed E-state index contributed by atoms with van der Waals surface area (Å²) in [6.07, 6.45) is 1.14. The second-order valence-corrected chi connectivity index (χ2v) is 7.66. The van der Waals surface area contributed by atoms with E-state index in [0.29, 0.717) is 24.7 Å². The maximum atomic E-state index is 12.7. The molecule has 2 heterocycles. The first-order chi connectivity index (χ1) is 10.6. The Labute approximate surface area is 143 Å². The number of sulfonamides is 1. The molecule has 0 saturated carbocycles. The molecule has 2 aliphatic rings. The molecular weight excluding hydrogens is 336 g/mol. The Bertz CT molecular complexity index is 675. The molecule has 0 radical (unpaired) electrons. The molecule has 2 saturated heterocycles. The van der Waals surface area contributed by atoms with Crippen molar-refractivity contribution in [3.8, 4) is 6.07 Å². The van der Waals surface area contributed by atoms with Crippen LogP contribution in [0.15, 0.2) is 29.2 Å². The van der Waals surface area contributed by atoms with E-state index in [-0.39, 0.29) is 17.3 Å². The first kappa shape index (κ1) is 18.2. The van der Waals surface area contributed by atoms with E-state index in [9.17, 15) is 8.42 Å². The fraction of sp³-hybridized carbons (Fsp3) is 0.533. The lowest BCUT2D eigenvalue weighted by molar-refractivity contribution is 0.145. The molecule has 0 aliphatic carbocycles. The van der Waals surface area contributed by atoms with Gasteiger partial charge in [0.05, 0.1) is 16.5 Å². The highest BCUT2D eigenvalue weighted by Gasteiger charge is 2.31. The predicted octanol–water partition coefficient (Wildman–Crippen LogP) is 0.648. The van der Waals surface area contributed by atoms with E-state index < -0.39 is 10.0 Å². The molecule has 126 valence electrons. The van der Waals surface area contributed by atoms with Crippen molar-refractivity contribution in [3.63, 3.8) is 0 Å². The highest BCUT2D eigenvalue weighted by Crippen LogP contribution is 2.20. The number of nitrogens with zero attached hydrogens (tertiary/aromatic N) is 3. The molecule has 0 aromatic heterocycles. The summed E-state index contributed by atoms with van der Waals surface area (Å²) in [6, 6.07) is 8.76. The van der Waals surface area contributed by atoms with Crippen LogP contribution in [0.4, 0.5) is 0 Å². The molecular formula is C15H21ClN4O2S. The Balaban J connectivity index is 0.00000192. The molecule has 0 bridgehead atoms. The molecule has 6 nitrogen and oxygen atoms in total. The van der Waals surface area contributed by atoms with Crippen molar-refractivity contribution in [2.24, 2.45) is 0 Å². The molecule has 23 heavy (non-hydrogen) atoms. The van der Waals surface area contributed by atoms with Gasteiger partial charge < -0.3 is 5.32 Å². The lowest BCUT2D eigenvalue weighted by atomic mass is 10.2. The minimum atomic E-state index is -3.50. The summed E-state index contributed by atoms with van der Waals surface area (Å²) in [5.41, 5.74) is 0.372. The van der Waals surface area contributed by atoms with Crippen LogP contribution in [-0.2, 0) is 10.0 Å². The number of nitrogens with one attached hydrogen (secondary N) is 1. The summed E-state index contributed by atoms with van der Waals surface area (Å²) < 4.78 is 26.9. The van der Waals surface area contributed by atoms with Gasteiger partial charge in [-0.2, -0.15) is 9.57 Å². The molecule has 8 heteroatoms. The van der Waals surface area contributed by atoms with Gasteiger partial charge >= 0.3 is 0 Å². The molecule has 2 aliphatic heterocycles. The van der Waals surface area contributed by atoms with Crippen molar-refractivity contribution < 1.29 is 8.42 Å². The monoisotopic (exact) mass is 356 g/mol. The van der Waals surface area contributed by atoms with E-state index >= 15 is 0 Å². The largest absolute Gasteiger partial charge is 0.315 e. The Morgan fingerprint density at radius 3 is 2.57 bits per heavy atom. The van der Waals surface area contributed by atoms with Crippen LogP contribution in [0.2, 0.25) is 0 Å². The van der Waals surface area contributed by atoms with Crippen LogP contribution in [0.5, 0.6) is 0 Å². The number of piperazine rings is 1. The van der Waals surface area contributed by atoms with Gasteiger partial charge in [-0.15, -0.1) is 12.4 Å². The Hall–Kier alpha value is -1.17. The third kappa shape index (κ3) is 3.84. The number of nitriles is 1. The number of hydrogen-bond acceptors (Lipinski definition) is 5. The van der Waals surface area contributed by atoms with Crippen molar-refractivity contribution in [1.82, 2.24) is 14.5 Å². The highest BCUT2D eigenvalue weighted by molar-refractivity contribution is 7.89. The average molecular weight is 357 g/mol. The van der Waals surface area contributed by atoms with Crippen LogP contribution in [-0.4, -0.2) is 62.9 Å². The van der Waals surface area contributed by atoms with Crippen molar-refractivity contribution in [2.75, 3.05) is 39.3 Å². The lowest BCUT2D eigenvalue weighted by Gasteiger charge is -2.37. The minimum Gasteiger partial charge on any atom is -0.315 e. The van der Waals surface area contributed by atoms with E-state index in [2.05, 4.69) is 10.2 Å². The molecule has 1 aromatic rings. The fourth-order valence-corrected chi connectivity index (χ4v) is 4.60. The van der Waals surface area contributed by atoms with Gasteiger partial charge in [-0.25, -0.2) is 8.42 Å². The third-order valence-corrected chi connectivity index (χ3v) is 6.32. The molecule has 1 atom stereocenters. The van der Waals surface area contributed by atoms with Gasteiger partial charge in [0.2, 0.25) is 10.0 Å². The Morgan fingerprint density at radius 1 is 1.22 bits per heavy atom. The molecule has 2 fully saturated rings. The molecule has 1 N–H and O–H groups in total. The molecule has 3 rings (SSSR count). The standard InChI is InChI=1S/C15H20N4O2S.ClH/c16-11-13-2-1-3-15(10-13)22(20,21)19-8-6-18(7-9-19)14-4-5-17-12-14;/h1-3,10,14,17H,4-9,12H2;1H. The molecule has 0 amide bonds. The third-order valence-electron chi connectivity index (χ3n) is 4.42. The topological polar surface area (TPSA) is 76.4 Å². The van der Waals surface area contributed by atoms with E-state index in [1.807, 2.05) is 6.07 Å². The zero-order valence-electron chi connectivity index (χ0n) is 12.8. The van der Waals surface area contributed by atoms with Crippen LogP contribution in [0.1, 0.15) is 12.0 Å². The van der Waals surface area contributed by atoms with Crippen molar-refractivity contribution in [3.05, 3.63) is 29.8 Å². The summed E-state index contributed by atoms with van der Waals surface area (Å²) in [5.74, 6) is 0. The van der Waals surface area contributed by atoms with Gasteiger partial charge in [0, 0.05) is 38.8 Å². The summed E-state index contributed by atoms with van der Waals surface area (Å²) >= 11 is 0. The second kappa shape index (κ2) is 7.60. The van der Waals surface area contributed by atoms with Gasteiger partial charge in [-0.1, -0.05) is 6.07 Å². The van der Waals surface area contributed by atoms with E-state index in [0.717, 1.165) is 32.6 Å². The Morgan fingerprint density at radius 2 is 1.96 bits per heavy atom. The smallest absolute Gasteiger partial charge is 0.243 e. The van der Waals surface area contributed by atoms with Crippen molar-refractivity contribution in [2.45, 2.75) is 17.4 Å². The first-order valence-electron chi connectivity index (χ1n) is 7.56. The van der Waals surface area contributed by atoms with Gasteiger partial charge in [-0.05, 0) is 31.2 Å². The van der Waals surface area contributed by atoms with Gasteiger partial charge in [0.1, 0.15) is 0 Å². The van der Waals surface area contributed by atoms with Crippen LogP contribution in [0, 0.1) is 11.3 Å². The summed E-state index contributed by atoms with van der Waals surface area (Å²) in [6.45, 7) is 4.60. The molecule has 1 aromatic carbocycles. The lowest BCUT2D eigenvalue weighted by Crippen LogP contribution is -2.52. The summed E-state index contributed by atoms with van der Waals surface area (Å²) in [4.78, 5) is 2.58. The quantitative estimate of drug-likeness (QED) is 0.860. The Kier molecular flexibility index (Phi) is 6.00. The number of halogens is 1. The van der Waals surface area contributed by atoms with Crippen LogP contribution < -0.4 is 5.32 Å². The van der Waals surface area contributed by atoms with Gasteiger partial charge in [0.25, 0.3) is 0 Å². The van der Waals surface area contributed by atoms with E-state index in [1.165, 1.54) is 10.4 Å². The van der Waals surface area contributed by atoms with E-state index in [4.69, 9.17) is 5.26 Å². The summed E-state index contributed by atoms with van der Waals surface area (Å²) in [7, 11) is -3.50. The van der Waals surface area contributed by atoms with Gasteiger partial charge in [-0.3, -0.25) is 4.90 Å². The maximum Gasteiger partial charge on any atom is 0.243 e. The molecule has 1 unspecified atom stereocenters. The van der Waals surface area contributed by atoms with Crippen LogP contribution >= 0.6 is 12.4 Å². The maximum absolute atomic E-state index is 12.7. The minimum absolute atomic E-state index is 0. The number of rotatable bonds is 3.